The second-order valence-corrected chi connectivity index (χ2v) is 11.7. The van der Waals surface area contributed by atoms with Crippen molar-refractivity contribution in [1.29, 1.82) is 0 Å². The van der Waals surface area contributed by atoms with Gasteiger partial charge in [0.05, 0.1) is 5.71 Å². The molecule has 0 fully saturated rings. The molecule has 110 valence electrons. The number of carbonyl (C=O) groups is 1. The van der Waals surface area contributed by atoms with E-state index in [1.165, 1.54) is 0 Å². The van der Waals surface area contributed by atoms with Crippen molar-refractivity contribution < 1.29 is 4.79 Å². The molecule has 0 aliphatic carbocycles. The maximum Gasteiger partial charge on any atom is 0.144 e. The van der Waals surface area contributed by atoms with Gasteiger partial charge in [-0.25, -0.2) is 0 Å². The maximum absolute atomic E-state index is 11.3. The van der Waals surface area contributed by atoms with Crippen molar-refractivity contribution in [2.24, 2.45) is 5.10 Å². The lowest BCUT2D eigenvalue weighted by atomic mass is 10.0. The number of hydrogen-bond acceptors (Lipinski definition) is 3. The van der Waals surface area contributed by atoms with E-state index in [9.17, 15) is 4.79 Å². The fraction of sp³-hybridized carbons (Fsp3) is 0.467. The van der Waals surface area contributed by atoms with Gasteiger partial charge in [-0.15, -0.1) is 0 Å². The Kier molecular flexibility index (Phi) is 6.88. The van der Waals surface area contributed by atoms with Gasteiger partial charge in [-0.05, 0) is 18.9 Å². The topological polar surface area (TPSA) is 32.7 Å². The molecule has 3 nitrogen and oxygen atoms in total. The fourth-order valence-corrected chi connectivity index (χ4v) is 7.65. The lowest BCUT2D eigenvalue weighted by Gasteiger charge is -2.28. The van der Waals surface area contributed by atoms with Crippen LogP contribution in [0.25, 0.3) is 0 Å². The summed E-state index contributed by atoms with van der Waals surface area (Å²) in [5.41, 5.74) is 2.20. The first-order valence-corrected chi connectivity index (χ1v) is 13.0. The third-order valence-corrected chi connectivity index (χ3v) is 9.04. The Morgan fingerprint density at radius 1 is 1.05 bits per heavy atom. The summed E-state index contributed by atoms with van der Waals surface area (Å²) in [5, 5.41) is 4.94. The highest BCUT2D eigenvalue weighted by Crippen LogP contribution is 2.11. The normalized spacial score (nSPS) is 12.1. The second kappa shape index (κ2) is 8.16. The molecule has 1 aromatic rings. The van der Waals surface area contributed by atoms with Crippen LogP contribution in [0, 0.1) is 0 Å². The van der Waals surface area contributed by atoms with E-state index in [2.05, 4.69) is 42.7 Å². The zero-order chi connectivity index (χ0) is 15.1. The smallest absolute Gasteiger partial charge is 0.144 e. The van der Waals surface area contributed by atoms with E-state index < -0.39 is 17.9 Å². The molecule has 0 aromatic heterocycles. The molecular weight excluding hydrogens is 280 g/mol. The maximum atomic E-state index is 11.3. The van der Waals surface area contributed by atoms with Crippen LogP contribution in [-0.2, 0) is 4.79 Å². The average molecular weight is 307 g/mol. The van der Waals surface area contributed by atoms with Crippen molar-refractivity contribution in [3.8, 4) is 0 Å². The summed E-state index contributed by atoms with van der Waals surface area (Å²) in [7, 11) is -1.90. The zero-order valence-electron chi connectivity index (χ0n) is 13.3. The third-order valence-electron chi connectivity index (χ3n) is 3.12. The number of ketones is 1. The molecule has 0 saturated carbocycles. The van der Waals surface area contributed by atoms with Crippen LogP contribution in [0.15, 0.2) is 35.4 Å². The summed E-state index contributed by atoms with van der Waals surface area (Å²) in [6.45, 7) is 10.9. The van der Waals surface area contributed by atoms with Gasteiger partial charge in [0.25, 0.3) is 0 Å². The molecule has 0 radical (unpaired) electrons. The summed E-state index contributed by atoms with van der Waals surface area (Å²) in [6.07, 6.45) is 1.30. The van der Waals surface area contributed by atoms with Crippen LogP contribution < -0.4 is 0 Å². The minimum absolute atomic E-state index is 0.226. The average Bonchev–Trinajstić information content (AvgIpc) is 2.38. The Hall–Kier alpha value is -1.21. The van der Waals surface area contributed by atoms with Crippen LogP contribution in [0.2, 0.25) is 26.2 Å². The Labute approximate surface area is 126 Å². The van der Waals surface area contributed by atoms with E-state index >= 15 is 0 Å². The van der Waals surface area contributed by atoms with Gasteiger partial charge in [0.15, 0.2) is 0 Å². The fourth-order valence-electron chi connectivity index (χ4n) is 2.14. The third kappa shape index (κ3) is 5.42. The molecule has 0 heterocycles. The Balaban J connectivity index is 3.05. The summed E-state index contributed by atoms with van der Waals surface area (Å²) in [5.74, 6) is 0.226. The molecular formula is C15H26N2OSi2. The number of hydrazone groups is 1. The van der Waals surface area contributed by atoms with Gasteiger partial charge < -0.3 is 9.13 Å². The van der Waals surface area contributed by atoms with Gasteiger partial charge >= 0.3 is 0 Å². The predicted molar refractivity (Wildman–Crippen MR) is 92.5 cm³/mol. The Morgan fingerprint density at radius 2 is 1.60 bits per heavy atom. The van der Waals surface area contributed by atoms with E-state index in [1.54, 1.807) is 6.92 Å². The molecule has 0 amide bonds. The summed E-state index contributed by atoms with van der Waals surface area (Å²) < 4.78 is 2.38. The number of hydrogen-bond donors (Lipinski definition) is 0. The Morgan fingerprint density at radius 3 is 2.05 bits per heavy atom. The van der Waals surface area contributed by atoms with E-state index in [1.807, 2.05) is 18.2 Å². The standard InChI is InChI=1S/C15H26N2OSi2/c1-13(18)11-12-15(14-9-7-6-8-10-14)16-17(19(2)3)20(4)5/h6-10,19-20H,11-12H2,1-5H3. The summed E-state index contributed by atoms with van der Waals surface area (Å²) >= 11 is 0. The molecule has 0 aliphatic heterocycles. The minimum atomic E-state index is -0.950. The monoisotopic (exact) mass is 306 g/mol. The number of Topliss-reactive ketones (excluding diaryl/α,β-unsaturated/α-hetero) is 1. The highest BCUT2D eigenvalue weighted by Gasteiger charge is 2.15. The molecule has 0 N–H and O–H groups in total. The van der Waals surface area contributed by atoms with Crippen molar-refractivity contribution >= 4 is 29.4 Å². The van der Waals surface area contributed by atoms with Gasteiger partial charge in [0, 0.05) is 6.42 Å². The number of rotatable bonds is 7. The van der Waals surface area contributed by atoms with Crippen LogP contribution >= 0.6 is 0 Å². The van der Waals surface area contributed by atoms with E-state index in [0.29, 0.717) is 6.42 Å². The van der Waals surface area contributed by atoms with Crippen molar-refractivity contribution in [1.82, 2.24) is 4.34 Å². The van der Waals surface area contributed by atoms with Gasteiger partial charge in [0.1, 0.15) is 23.7 Å². The lowest BCUT2D eigenvalue weighted by molar-refractivity contribution is -0.116. The van der Waals surface area contributed by atoms with Gasteiger partial charge in [-0.2, -0.15) is 5.10 Å². The van der Waals surface area contributed by atoms with Gasteiger partial charge in [0.2, 0.25) is 0 Å². The molecule has 1 rings (SSSR count). The van der Waals surface area contributed by atoms with Crippen molar-refractivity contribution in [3.63, 3.8) is 0 Å². The number of carbonyl (C=O) groups excluding carboxylic acids is 1. The lowest BCUT2D eigenvalue weighted by Crippen LogP contribution is -2.39. The van der Waals surface area contributed by atoms with Crippen LogP contribution in [0.3, 0.4) is 0 Å². The molecule has 0 saturated heterocycles. The minimum Gasteiger partial charge on any atom is -0.355 e. The SMILES string of the molecule is CC(=O)CCC(=NN([SiH](C)C)[SiH](C)C)c1ccccc1. The highest BCUT2D eigenvalue weighted by molar-refractivity contribution is 6.69. The molecule has 0 atom stereocenters. The Bertz CT molecular complexity index is 450. The van der Waals surface area contributed by atoms with Crippen LogP contribution in [0.4, 0.5) is 0 Å². The number of nitrogens with zero attached hydrogens (tertiary/aromatic N) is 2. The van der Waals surface area contributed by atoms with E-state index in [4.69, 9.17) is 5.10 Å². The van der Waals surface area contributed by atoms with Crippen molar-refractivity contribution in [2.45, 2.75) is 46.0 Å². The largest absolute Gasteiger partial charge is 0.355 e. The molecule has 0 spiro atoms. The zero-order valence-corrected chi connectivity index (χ0v) is 15.6. The summed E-state index contributed by atoms with van der Waals surface area (Å²) in [6, 6.07) is 10.2. The van der Waals surface area contributed by atoms with Crippen LogP contribution in [0.1, 0.15) is 25.3 Å². The molecule has 0 unspecified atom stereocenters. The van der Waals surface area contributed by atoms with E-state index in [-0.39, 0.29) is 5.78 Å². The molecule has 5 heteroatoms. The molecule has 0 aliphatic rings. The highest BCUT2D eigenvalue weighted by atomic mass is 28.3. The predicted octanol–water partition coefficient (Wildman–Crippen LogP) is 3.03. The first-order chi connectivity index (χ1) is 9.41. The molecule has 0 bridgehead atoms. The molecule has 20 heavy (non-hydrogen) atoms. The molecule has 1 aromatic carbocycles. The quantitative estimate of drug-likeness (QED) is 0.441. The van der Waals surface area contributed by atoms with Gasteiger partial charge in [-0.1, -0.05) is 56.5 Å². The van der Waals surface area contributed by atoms with Crippen molar-refractivity contribution in [3.05, 3.63) is 35.9 Å². The van der Waals surface area contributed by atoms with E-state index in [0.717, 1.165) is 17.7 Å². The van der Waals surface area contributed by atoms with Gasteiger partial charge in [-0.3, -0.25) is 0 Å². The summed E-state index contributed by atoms with van der Waals surface area (Å²) in [4.78, 5) is 11.3. The van der Waals surface area contributed by atoms with Crippen LogP contribution in [-0.4, -0.2) is 33.8 Å². The van der Waals surface area contributed by atoms with Crippen molar-refractivity contribution in [2.75, 3.05) is 0 Å². The first kappa shape index (κ1) is 16.8. The number of benzene rings is 1. The second-order valence-electron chi connectivity index (χ2n) is 5.68. The first-order valence-electron chi connectivity index (χ1n) is 7.32. The van der Waals surface area contributed by atoms with Crippen LogP contribution in [0.5, 0.6) is 0 Å².